The molecule has 0 aromatic carbocycles. The smallest absolute Gasteiger partial charge is 0.354 e. The molecule has 2 rings (SSSR count). The first kappa shape index (κ1) is 15.2. The molecule has 7 nitrogen and oxygen atoms in total. The van der Waals surface area contributed by atoms with Crippen molar-refractivity contribution in [1.82, 2.24) is 4.98 Å². The van der Waals surface area contributed by atoms with E-state index in [0.29, 0.717) is 25.3 Å². The monoisotopic (exact) mass is 294 g/mol. The van der Waals surface area contributed by atoms with Crippen molar-refractivity contribution in [3.8, 4) is 0 Å². The molecule has 1 fully saturated rings. The van der Waals surface area contributed by atoms with Gasteiger partial charge in [0, 0.05) is 20.2 Å². The fourth-order valence-corrected chi connectivity index (χ4v) is 2.62. The summed E-state index contributed by atoms with van der Waals surface area (Å²) >= 11 is 0. The van der Waals surface area contributed by atoms with E-state index in [2.05, 4.69) is 4.98 Å². The van der Waals surface area contributed by atoms with Crippen LogP contribution in [0.25, 0.3) is 0 Å². The van der Waals surface area contributed by atoms with Crippen molar-refractivity contribution in [3.63, 3.8) is 0 Å². The van der Waals surface area contributed by atoms with Gasteiger partial charge in [-0.3, -0.25) is 4.79 Å². The van der Waals surface area contributed by atoms with Gasteiger partial charge in [-0.25, -0.2) is 9.78 Å². The number of nitrogens with zero attached hydrogens (tertiary/aromatic N) is 2. The highest BCUT2D eigenvalue weighted by Gasteiger charge is 2.46. The summed E-state index contributed by atoms with van der Waals surface area (Å²) in [6.07, 6.45) is 0.576. The van der Waals surface area contributed by atoms with E-state index >= 15 is 0 Å². The zero-order valence-electron chi connectivity index (χ0n) is 12.0. The van der Waals surface area contributed by atoms with Gasteiger partial charge in [0.05, 0.1) is 13.7 Å². The summed E-state index contributed by atoms with van der Waals surface area (Å²) in [4.78, 5) is 29.0. The first-order valence-corrected chi connectivity index (χ1v) is 6.55. The van der Waals surface area contributed by atoms with Crippen molar-refractivity contribution in [2.75, 3.05) is 38.8 Å². The lowest BCUT2D eigenvalue weighted by Gasteiger charge is -2.25. The second-order valence-corrected chi connectivity index (χ2v) is 5.06. The van der Waals surface area contributed by atoms with Gasteiger partial charge in [0.1, 0.15) is 11.2 Å². The Labute approximate surface area is 122 Å². The molecule has 1 aliphatic rings. The first-order valence-electron chi connectivity index (χ1n) is 6.55. The Kier molecular flexibility index (Phi) is 4.42. The van der Waals surface area contributed by atoms with E-state index in [4.69, 9.17) is 14.6 Å². The Morgan fingerprint density at radius 3 is 2.81 bits per heavy atom. The van der Waals surface area contributed by atoms with Gasteiger partial charge in [0.15, 0.2) is 5.69 Å². The largest absolute Gasteiger partial charge is 0.477 e. The summed E-state index contributed by atoms with van der Waals surface area (Å²) < 4.78 is 10.0. The number of hydrogen-bond acceptors (Lipinski definition) is 6. The van der Waals surface area contributed by atoms with Crippen LogP contribution in [0.1, 0.15) is 16.9 Å². The highest BCUT2D eigenvalue weighted by atomic mass is 16.5. The van der Waals surface area contributed by atoms with E-state index in [-0.39, 0.29) is 18.3 Å². The maximum absolute atomic E-state index is 12.0. The van der Waals surface area contributed by atoms with Gasteiger partial charge in [-0.1, -0.05) is 6.07 Å². The molecule has 7 heteroatoms. The minimum atomic E-state index is -1.08. The number of methoxy groups -OCH3 is 2. The third-order valence-electron chi connectivity index (χ3n) is 3.67. The predicted molar refractivity (Wildman–Crippen MR) is 74.4 cm³/mol. The van der Waals surface area contributed by atoms with E-state index in [1.807, 2.05) is 4.90 Å². The molecule has 114 valence electrons. The first-order chi connectivity index (χ1) is 10.0. The number of rotatable bonds is 5. The second kappa shape index (κ2) is 6.09. The summed E-state index contributed by atoms with van der Waals surface area (Å²) in [5, 5.41) is 8.99. The summed E-state index contributed by atoms with van der Waals surface area (Å²) in [5.41, 5.74) is -0.750. The standard InChI is InChI=1S/C14H18N2O5/c1-20-9-14(13(19)21-2)6-7-16(8-14)11-5-3-4-10(15-11)12(17)18/h3-5H,6-9H2,1-2H3,(H,17,18). The zero-order chi connectivity index (χ0) is 15.5. The molecule has 0 bridgehead atoms. The molecule has 1 aliphatic heterocycles. The summed E-state index contributed by atoms with van der Waals surface area (Å²) in [6.45, 7) is 1.24. The van der Waals surface area contributed by atoms with E-state index in [0.717, 1.165) is 0 Å². The van der Waals surface area contributed by atoms with Crippen molar-refractivity contribution in [2.45, 2.75) is 6.42 Å². The number of pyridine rings is 1. The van der Waals surface area contributed by atoms with E-state index in [9.17, 15) is 9.59 Å². The Morgan fingerprint density at radius 2 is 2.19 bits per heavy atom. The summed E-state index contributed by atoms with van der Waals surface area (Å²) in [5.74, 6) is -0.856. The molecule has 0 amide bonds. The van der Waals surface area contributed by atoms with Gasteiger partial charge in [-0.2, -0.15) is 0 Å². The van der Waals surface area contributed by atoms with Crippen molar-refractivity contribution in [3.05, 3.63) is 23.9 Å². The number of ether oxygens (including phenoxy) is 2. The Bertz CT molecular complexity index is 548. The number of carboxylic acids is 1. The molecule has 21 heavy (non-hydrogen) atoms. The molecule has 1 aromatic rings. The molecule has 0 spiro atoms. The van der Waals surface area contributed by atoms with Crippen LogP contribution in [0.3, 0.4) is 0 Å². The highest BCUT2D eigenvalue weighted by molar-refractivity contribution is 5.86. The van der Waals surface area contributed by atoms with Crippen LogP contribution in [0.15, 0.2) is 18.2 Å². The maximum atomic E-state index is 12.0. The van der Waals surface area contributed by atoms with Crippen LogP contribution < -0.4 is 4.90 Å². The summed E-state index contributed by atoms with van der Waals surface area (Å²) in [7, 11) is 2.89. The molecule has 1 atom stereocenters. The lowest BCUT2D eigenvalue weighted by atomic mass is 9.88. The summed E-state index contributed by atoms with van der Waals surface area (Å²) in [6, 6.07) is 4.80. The molecule has 0 saturated carbocycles. The van der Waals surface area contributed by atoms with Crippen molar-refractivity contribution < 1.29 is 24.2 Å². The van der Waals surface area contributed by atoms with Crippen LogP contribution in [0.2, 0.25) is 0 Å². The predicted octanol–water partition coefficient (Wildman–Crippen LogP) is 0.796. The molecule has 0 aliphatic carbocycles. The zero-order valence-corrected chi connectivity index (χ0v) is 12.0. The molecule has 2 heterocycles. The normalized spacial score (nSPS) is 21.3. The topological polar surface area (TPSA) is 89.0 Å². The van der Waals surface area contributed by atoms with Gasteiger partial charge in [0.2, 0.25) is 0 Å². The molecule has 0 radical (unpaired) electrons. The van der Waals surface area contributed by atoms with Crippen LogP contribution in [0.5, 0.6) is 0 Å². The number of anilines is 1. The maximum Gasteiger partial charge on any atom is 0.354 e. The average molecular weight is 294 g/mol. The number of carboxylic acid groups (broad SMARTS) is 1. The molecule has 1 saturated heterocycles. The van der Waals surface area contributed by atoms with Gasteiger partial charge in [-0.15, -0.1) is 0 Å². The van der Waals surface area contributed by atoms with E-state index < -0.39 is 11.4 Å². The SMILES string of the molecule is COCC1(C(=O)OC)CCN(c2cccc(C(=O)O)n2)C1. The van der Waals surface area contributed by atoms with Gasteiger partial charge in [0.25, 0.3) is 0 Å². The Balaban J connectivity index is 2.22. The van der Waals surface area contributed by atoms with Gasteiger partial charge in [-0.05, 0) is 18.6 Å². The number of esters is 1. The van der Waals surface area contributed by atoms with E-state index in [1.54, 1.807) is 12.1 Å². The van der Waals surface area contributed by atoms with Crippen LogP contribution >= 0.6 is 0 Å². The lowest BCUT2D eigenvalue weighted by Crippen LogP contribution is -2.39. The van der Waals surface area contributed by atoms with Crippen LogP contribution in [0.4, 0.5) is 5.82 Å². The fraction of sp³-hybridized carbons (Fsp3) is 0.500. The number of aromatic carboxylic acids is 1. The quantitative estimate of drug-likeness (QED) is 0.803. The molecule has 1 aromatic heterocycles. The van der Waals surface area contributed by atoms with Gasteiger partial charge >= 0.3 is 11.9 Å². The van der Waals surface area contributed by atoms with Crippen molar-refractivity contribution in [2.24, 2.45) is 5.41 Å². The Hall–Kier alpha value is -2.15. The molecular weight excluding hydrogens is 276 g/mol. The number of aromatic nitrogens is 1. The van der Waals surface area contributed by atoms with Crippen LogP contribution in [0, 0.1) is 5.41 Å². The minimum Gasteiger partial charge on any atom is -0.477 e. The third kappa shape index (κ3) is 2.97. The average Bonchev–Trinajstić information content (AvgIpc) is 2.92. The lowest BCUT2D eigenvalue weighted by molar-refractivity contribution is -0.154. The number of carbonyl (C=O) groups excluding carboxylic acids is 1. The van der Waals surface area contributed by atoms with Gasteiger partial charge < -0.3 is 19.5 Å². The highest BCUT2D eigenvalue weighted by Crippen LogP contribution is 2.34. The molecular formula is C14H18N2O5. The van der Waals surface area contributed by atoms with Crippen molar-refractivity contribution >= 4 is 17.8 Å². The van der Waals surface area contributed by atoms with Crippen LogP contribution in [-0.2, 0) is 14.3 Å². The third-order valence-corrected chi connectivity index (χ3v) is 3.67. The second-order valence-electron chi connectivity index (χ2n) is 5.06. The minimum absolute atomic E-state index is 0.0187. The number of carbonyl (C=O) groups is 2. The van der Waals surface area contributed by atoms with E-state index in [1.165, 1.54) is 20.3 Å². The molecule has 1 unspecified atom stereocenters. The fourth-order valence-electron chi connectivity index (χ4n) is 2.62. The number of hydrogen-bond donors (Lipinski definition) is 1. The van der Waals surface area contributed by atoms with Crippen molar-refractivity contribution in [1.29, 1.82) is 0 Å². The Morgan fingerprint density at radius 1 is 1.43 bits per heavy atom. The molecule has 1 N–H and O–H groups in total. The van der Waals surface area contributed by atoms with Crippen LogP contribution in [-0.4, -0.2) is 55.9 Å².